The van der Waals surface area contributed by atoms with Gasteiger partial charge in [0.15, 0.2) is 11.5 Å². The topological polar surface area (TPSA) is 51.2 Å². The lowest BCUT2D eigenvalue weighted by molar-refractivity contribution is -0.183. The summed E-state index contributed by atoms with van der Waals surface area (Å²) >= 11 is 0. The van der Waals surface area contributed by atoms with Gasteiger partial charge in [0.2, 0.25) is 12.7 Å². The van der Waals surface area contributed by atoms with Gasteiger partial charge in [0.1, 0.15) is 0 Å². The van der Waals surface area contributed by atoms with Crippen LogP contribution < -0.4 is 9.47 Å². The van der Waals surface area contributed by atoms with E-state index in [-0.39, 0.29) is 5.60 Å². The molecule has 6 heteroatoms. The Bertz CT molecular complexity index is 691. The number of hydrogen-bond donors (Lipinski definition) is 0. The molecule has 5 rings (SSSR count). The molecule has 0 saturated carbocycles. The summed E-state index contributed by atoms with van der Waals surface area (Å²) in [5.74, 6) is 2.52. The zero-order valence-electron chi connectivity index (χ0n) is 15.1. The van der Waals surface area contributed by atoms with Gasteiger partial charge in [-0.15, -0.1) is 0 Å². The highest BCUT2D eigenvalue weighted by atomic mass is 16.7. The van der Waals surface area contributed by atoms with Crippen LogP contribution >= 0.6 is 0 Å². The van der Waals surface area contributed by atoms with Crippen molar-refractivity contribution >= 4 is 5.91 Å². The van der Waals surface area contributed by atoms with Gasteiger partial charge >= 0.3 is 0 Å². The summed E-state index contributed by atoms with van der Waals surface area (Å²) in [6.07, 6.45) is 4.02. The van der Waals surface area contributed by atoms with Gasteiger partial charge in [-0.3, -0.25) is 9.69 Å². The third kappa shape index (κ3) is 3.05. The monoisotopic (exact) mass is 358 g/mol. The number of likely N-dealkylation sites (tertiary alicyclic amines) is 2. The Kier molecular flexibility index (Phi) is 4.05. The van der Waals surface area contributed by atoms with E-state index < -0.39 is 0 Å². The average Bonchev–Trinajstić information content (AvgIpc) is 3.24. The van der Waals surface area contributed by atoms with Crippen molar-refractivity contribution in [1.82, 2.24) is 9.80 Å². The summed E-state index contributed by atoms with van der Waals surface area (Å²) in [7, 11) is 0. The first-order valence-electron chi connectivity index (χ1n) is 9.72. The first kappa shape index (κ1) is 16.4. The van der Waals surface area contributed by atoms with Crippen molar-refractivity contribution in [3.05, 3.63) is 23.8 Å². The van der Waals surface area contributed by atoms with Gasteiger partial charge in [0, 0.05) is 45.1 Å². The molecule has 6 nitrogen and oxygen atoms in total. The number of fused-ring (bicyclic) bond motifs is 1. The zero-order valence-corrected chi connectivity index (χ0v) is 15.1. The maximum atomic E-state index is 11.8. The van der Waals surface area contributed by atoms with Crippen LogP contribution in [0.1, 0.15) is 31.2 Å². The van der Waals surface area contributed by atoms with Crippen molar-refractivity contribution in [2.45, 2.75) is 37.8 Å². The summed E-state index contributed by atoms with van der Waals surface area (Å²) in [5, 5.41) is 0. The van der Waals surface area contributed by atoms with E-state index in [1.165, 1.54) is 12.0 Å². The standard InChI is InChI=1S/C20H26N2O4/c23-19-2-1-7-22(19)10-16-5-6-20(26-11-16)12-21(13-20)9-15-3-4-17-18(8-15)25-14-24-17/h3-4,8,16H,1-2,5-7,9-14H2. The number of carbonyl (C=O) groups excluding carboxylic acids is 1. The van der Waals surface area contributed by atoms with Crippen LogP contribution in [0.5, 0.6) is 11.5 Å². The summed E-state index contributed by atoms with van der Waals surface area (Å²) < 4.78 is 17.1. The van der Waals surface area contributed by atoms with Crippen LogP contribution in [0, 0.1) is 5.92 Å². The van der Waals surface area contributed by atoms with Crippen molar-refractivity contribution in [3.63, 3.8) is 0 Å². The molecule has 0 aliphatic carbocycles. The molecule has 3 fully saturated rings. The number of benzene rings is 1. The van der Waals surface area contributed by atoms with Crippen LogP contribution in [0.2, 0.25) is 0 Å². The molecule has 4 heterocycles. The van der Waals surface area contributed by atoms with Crippen molar-refractivity contribution in [2.75, 3.05) is 39.6 Å². The predicted molar refractivity (Wildman–Crippen MR) is 95.1 cm³/mol. The van der Waals surface area contributed by atoms with Crippen molar-refractivity contribution in [1.29, 1.82) is 0 Å². The largest absolute Gasteiger partial charge is 0.454 e. The van der Waals surface area contributed by atoms with Crippen LogP contribution in [-0.4, -0.2) is 60.9 Å². The minimum atomic E-state index is 0.0435. The van der Waals surface area contributed by atoms with Gasteiger partial charge in [0.05, 0.1) is 12.2 Å². The van der Waals surface area contributed by atoms with Gasteiger partial charge in [-0.25, -0.2) is 0 Å². The van der Waals surface area contributed by atoms with Gasteiger partial charge < -0.3 is 19.1 Å². The van der Waals surface area contributed by atoms with E-state index in [1.54, 1.807) is 0 Å². The van der Waals surface area contributed by atoms with Gasteiger partial charge in [-0.05, 0) is 37.0 Å². The Morgan fingerprint density at radius 1 is 1.19 bits per heavy atom. The molecular formula is C20H26N2O4. The number of amides is 1. The van der Waals surface area contributed by atoms with E-state index in [4.69, 9.17) is 14.2 Å². The molecule has 4 aliphatic rings. The Balaban J connectivity index is 1.10. The van der Waals surface area contributed by atoms with Crippen LogP contribution in [-0.2, 0) is 16.1 Å². The summed E-state index contributed by atoms with van der Waals surface area (Å²) in [5.41, 5.74) is 1.30. The molecule has 0 bridgehead atoms. The molecule has 1 unspecified atom stereocenters. The van der Waals surface area contributed by atoms with Crippen LogP contribution in [0.15, 0.2) is 18.2 Å². The summed E-state index contributed by atoms with van der Waals surface area (Å²) in [6, 6.07) is 6.19. The molecule has 1 atom stereocenters. The Morgan fingerprint density at radius 3 is 2.85 bits per heavy atom. The maximum absolute atomic E-state index is 11.8. The minimum Gasteiger partial charge on any atom is -0.454 e. The van der Waals surface area contributed by atoms with Crippen LogP contribution in [0.4, 0.5) is 0 Å². The van der Waals surface area contributed by atoms with Gasteiger partial charge in [0.25, 0.3) is 0 Å². The predicted octanol–water partition coefficient (Wildman–Crippen LogP) is 2.02. The third-order valence-electron chi connectivity index (χ3n) is 6.15. The Hall–Kier alpha value is -1.79. The third-order valence-corrected chi connectivity index (χ3v) is 6.15. The second-order valence-electron chi connectivity index (χ2n) is 8.17. The molecule has 140 valence electrons. The summed E-state index contributed by atoms with van der Waals surface area (Å²) in [6.45, 7) is 5.85. The lowest BCUT2D eigenvalue weighted by atomic mass is 9.82. The van der Waals surface area contributed by atoms with Crippen LogP contribution in [0.25, 0.3) is 0 Å². The summed E-state index contributed by atoms with van der Waals surface area (Å²) in [4.78, 5) is 16.3. The first-order chi connectivity index (χ1) is 12.7. The van der Waals surface area contributed by atoms with E-state index in [9.17, 15) is 4.79 Å². The number of nitrogens with zero attached hydrogens (tertiary/aromatic N) is 2. The lowest BCUT2D eigenvalue weighted by Crippen LogP contribution is -2.64. The highest BCUT2D eigenvalue weighted by Gasteiger charge is 2.46. The van der Waals surface area contributed by atoms with Crippen LogP contribution in [0.3, 0.4) is 0 Å². The molecule has 4 aliphatic heterocycles. The molecule has 1 aromatic carbocycles. The van der Waals surface area contributed by atoms with Crippen molar-refractivity contribution < 1.29 is 19.0 Å². The number of hydrogen-bond acceptors (Lipinski definition) is 5. The average molecular weight is 358 g/mol. The van der Waals surface area contributed by atoms with E-state index in [1.807, 2.05) is 11.0 Å². The van der Waals surface area contributed by atoms with Gasteiger partial charge in [-0.2, -0.15) is 0 Å². The number of carbonyl (C=O) groups is 1. The molecule has 1 amide bonds. The van der Waals surface area contributed by atoms with Crippen molar-refractivity contribution in [2.24, 2.45) is 5.92 Å². The van der Waals surface area contributed by atoms with E-state index in [0.29, 0.717) is 18.6 Å². The zero-order chi connectivity index (χ0) is 17.6. The van der Waals surface area contributed by atoms with Gasteiger partial charge in [-0.1, -0.05) is 6.07 Å². The highest BCUT2D eigenvalue weighted by molar-refractivity contribution is 5.78. The molecule has 0 aromatic heterocycles. The molecule has 1 aromatic rings. The maximum Gasteiger partial charge on any atom is 0.231 e. The fraction of sp³-hybridized carbons (Fsp3) is 0.650. The van der Waals surface area contributed by atoms with E-state index in [2.05, 4.69) is 17.0 Å². The van der Waals surface area contributed by atoms with E-state index >= 15 is 0 Å². The highest BCUT2D eigenvalue weighted by Crippen LogP contribution is 2.38. The minimum absolute atomic E-state index is 0.0435. The molecule has 0 radical (unpaired) electrons. The first-order valence-corrected chi connectivity index (χ1v) is 9.72. The second-order valence-corrected chi connectivity index (χ2v) is 8.17. The quantitative estimate of drug-likeness (QED) is 0.824. The SMILES string of the molecule is O=C1CCCN1CC1CCC2(CN(Cc3ccc4c(c3)OCO4)C2)OC1. The molecule has 26 heavy (non-hydrogen) atoms. The smallest absolute Gasteiger partial charge is 0.231 e. The Morgan fingerprint density at radius 2 is 2.08 bits per heavy atom. The van der Waals surface area contributed by atoms with E-state index in [0.717, 1.165) is 70.1 Å². The lowest BCUT2D eigenvalue weighted by Gasteiger charge is -2.53. The van der Waals surface area contributed by atoms with Crippen molar-refractivity contribution in [3.8, 4) is 11.5 Å². The fourth-order valence-electron chi connectivity index (χ4n) is 4.70. The number of ether oxygens (including phenoxy) is 3. The molecule has 0 N–H and O–H groups in total. The molecule has 3 saturated heterocycles. The fourth-order valence-corrected chi connectivity index (χ4v) is 4.70. The molecular weight excluding hydrogens is 332 g/mol. The second kappa shape index (κ2) is 6.43. The normalized spacial score (nSPS) is 27.2. The number of rotatable bonds is 4. The molecule has 1 spiro atoms. The Labute approximate surface area is 154 Å².